The van der Waals surface area contributed by atoms with E-state index in [4.69, 9.17) is 18.1 Å². The van der Waals surface area contributed by atoms with Crippen LogP contribution in [0.2, 0.25) is 0 Å². The van der Waals surface area contributed by atoms with Crippen molar-refractivity contribution in [3.8, 4) is 0 Å². The highest BCUT2D eigenvalue weighted by Crippen LogP contribution is 2.20. The number of aryl methyl sites for hydroxylation is 2. The molecule has 1 nitrogen and oxygen atoms in total. The van der Waals surface area contributed by atoms with Gasteiger partial charge in [0.1, 0.15) is 0 Å². The fourth-order valence-corrected chi connectivity index (χ4v) is 1.72. The summed E-state index contributed by atoms with van der Waals surface area (Å²) in [5.74, 6) is 0. The van der Waals surface area contributed by atoms with E-state index in [9.17, 15) is 0 Å². The van der Waals surface area contributed by atoms with Crippen molar-refractivity contribution in [2.45, 2.75) is 46.2 Å². The van der Waals surface area contributed by atoms with Crippen molar-refractivity contribution in [3.63, 3.8) is 0 Å². The first-order valence-corrected chi connectivity index (χ1v) is 5.04. The molecular weight excluding hydrogens is 182 g/mol. The number of benzene rings is 1. The van der Waals surface area contributed by atoms with E-state index in [0.717, 1.165) is 5.56 Å². The molecule has 0 fully saturated rings. The topological polar surface area (TPSA) is 26.0 Å². The van der Waals surface area contributed by atoms with E-state index in [0.29, 0.717) is 29.7 Å². The van der Waals surface area contributed by atoms with Crippen LogP contribution in [-0.2, 0) is 25.7 Å². The van der Waals surface area contributed by atoms with Gasteiger partial charge in [0, 0.05) is 12.3 Å². The molecule has 1 aromatic carbocycles. The van der Waals surface area contributed by atoms with Gasteiger partial charge in [-0.2, -0.15) is 0 Å². The van der Waals surface area contributed by atoms with Gasteiger partial charge in [0.05, 0.1) is 0 Å². The van der Waals surface area contributed by atoms with Gasteiger partial charge in [-0.25, -0.2) is 0 Å². The lowest BCUT2D eigenvalue weighted by Crippen LogP contribution is -2.06. The predicted molar refractivity (Wildman–Crippen MR) is 67.3 cm³/mol. The third-order valence-electron chi connectivity index (χ3n) is 2.49. The van der Waals surface area contributed by atoms with Crippen LogP contribution in [0, 0.1) is 0 Å². The normalized spacial score (nSPS) is 22.1. The zero-order valence-electron chi connectivity index (χ0n) is 17.8. The summed E-state index contributed by atoms with van der Waals surface area (Å²) in [5.41, 5.74) is 7.32. The summed E-state index contributed by atoms with van der Waals surface area (Å²) in [6.07, 6.45) is -0.488. The highest BCUT2D eigenvalue weighted by Gasteiger charge is 2.06. The maximum atomic E-state index is 7.49. The quantitative estimate of drug-likeness (QED) is 0.801. The fourth-order valence-electron chi connectivity index (χ4n) is 1.72. The summed E-state index contributed by atoms with van der Waals surface area (Å²) in [5, 5.41) is 0. The maximum Gasteiger partial charge on any atom is 0.0234 e. The standard InChI is InChI=1S/C14H23N/c1-4-12-9-11(7-8-15)10-13(5-2)14(12)6-3/h9-10H,4-8,15H2,1-3H3/i1D3,2D3,3D3. The number of hydrogen-bond acceptors (Lipinski definition) is 1. The van der Waals surface area contributed by atoms with Crippen LogP contribution in [-0.4, -0.2) is 6.54 Å². The highest BCUT2D eigenvalue weighted by molar-refractivity contribution is 5.39. The second-order valence-corrected chi connectivity index (χ2v) is 3.46. The minimum Gasteiger partial charge on any atom is -0.330 e. The van der Waals surface area contributed by atoms with Crippen LogP contribution in [0.3, 0.4) is 0 Å². The summed E-state index contributed by atoms with van der Waals surface area (Å²) in [6.45, 7) is -6.54. The summed E-state index contributed by atoms with van der Waals surface area (Å²) in [6, 6.07) is 3.28. The molecule has 0 radical (unpaired) electrons. The van der Waals surface area contributed by atoms with Crippen molar-refractivity contribution >= 4 is 0 Å². The molecule has 0 aliphatic rings. The Hall–Kier alpha value is -0.820. The van der Waals surface area contributed by atoms with Crippen molar-refractivity contribution in [3.05, 3.63) is 34.4 Å². The van der Waals surface area contributed by atoms with Crippen molar-refractivity contribution < 1.29 is 12.3 Å². The van der Waals surface area contributed by atoms with Crippen molar-refractivity contribution in [2.75, 3.05) is 6.54 Å². The second-order valence-electron chi connectivity index (χ2n) is 3.46. The van der Waals surface area contributed by atoms with E-state index in [1.54, 1.807) is 12.1 Å². The molecule has 15 heavy (non-hydrogen) atoms. The van der Waals surface area contributed by atoms with E-state index in [-0.39, 0.29) is 19.3 Å². The first-order chi connectivity index (χ1) is 10.7. The number of nitrogens with two attached hydrogens (primary N) is 1. The zero-order valence-corrected chi connectivity index (χ0v) is 8.77. The Balaban J connectivity index is 3.49. The largest absolute Gasteiger partial charge is 0.330 e. The second kappa shape index (κ2) is 5.92. The van der Waals surface area contributed by atoms with Gasteiger partial charge in [0.15, 0.2) is 0 Å². The van der Waals surface area contributed by atoms with Gasteiger partial charge < -0.3 is 5.73 Å². The summed E-state index contributed by atoms with van der Waals surface area (Å²) < 4.78 is 67.3. The van der Waals surface area contributed by atoms with E-state index in [2.05, 4.69) is 0 Å². The minimum absolute atomic E-state index is 0.301. The average molecular weight is 214 g/mol. The molecule has 2 N–H and O–H groups in total. The molecule has 0 saturated heterocycles. The average Bonchev–Trinajstić information content (AvgIpc) is 2.28. The molecule has 0 saturated carbocycles. The van der Waals surface area contributed by atoms with Crippen LogP contribution in [0.4, 0.5) is 0 Å². The van der Waals surface area contributed by atoms with E-state index >= 15 is 0 Å². The molecule has 0 aromatic heterocycles. The molecule has 0 aliphatic carbocycles. The van der Waals surface area contributed by atoms with Gasteiger partial charge in [0.25, 0.3) is 0 Å². The molecule has 0 amide bonds. The Kier molecular flexibility index (Phi) is 1.81. The Labute approximate surface area is 106 Å². The zero-order chi connectivity index (χ0) is 18.8. The van der Waals surface area contributed by atoms with E-state index in [1.165, 1.54) is 0 Å². The van der Waals surface area contributed by atoms with Crippen LogP contribution < -0.4 is 5.73 Å². The molecule has 1 rings (SSSR count). The Morgan fingerprint density at radius 1 is 1.07 bits per heavy atom. The molecule has 84 valence electrons. The fraction of sp³-hybridized carbons (Fsp3) is 0.571. The van der Waals surface area contributed by atoms with Crippen molar-refractivity contribution in [1.29, 1.82) is 0 Å². The van der Waals surface area contributed by atoms with Gasteiger partial charge in [0.2, 0.25) is 0 Å². The molecular formula is C14H23N. The lowest BCUT2D eigenvalue weighted by Gasteiger charge is -2.14. The third kappa shape index (κ3) is 2.82. The first kappa shape index (κ1) is 4.58. The number of rotatable bonds is 5. The minimum atomic E-state index is -2.32. The first-order valence-electron chi connectivity index (χ1n) is 9.54. The number of hydrogen-bond donors (Lipinski definition) is 1. The molecule has 1 aromatic rings. The lowest BCUT2D eigenvalue weighted by atomic mass is 9.92. The Morgan fingerprint density at radius 2 is 1.67 bits per heavy atom. The maximum absolute atomic E-state index is 7.49. The van der Waals surface area contributed by atoms with Gasteiger partial charge in [-0.3, -0.25) is 0 Å². The molecule has 1 heteroatoms. The Bertz CT molecular complexity index is 518. The lowest BCUT2D eigenvalue weighted by molar-refractivity contribution is 0.928. The van der Waals surface area contributed by atoms with Gasteiger partial charge >= 0.3 is 0 Å². The van der Waals surface area contributed by atoms with Gasteiger partial charge in [-0.05, 0) is 54.5 Å². The summed E-state index contributed by atoms with van der Waals surface area (Å²) in [4.78, 5) is 0. The smallest absolute Gasteiger partial charge is 0.0234 e. The summed E-state index contributed by atoms with van der Waals surface area (Å²) >= 11 is 0. The Morgan fingerprint density at radius 3 is 2.13 bits per heavy atom. The molecule has 0 spiro atoms. The van der Waals surface area contributed by atoms with Crippen LogP contribution in [0.1, 0.15) is 55.1 Å². The van der Waals surface area contributed by atoms with Crippen LogP contribution >= 0.6 is 0 Å². The highest BCUT2D eigenvalue weighted by atomic mass is 14.5. The van der Waals surface area contributed by atoms with Crippen molar-refractivity contribution in [1.82, 2.24) is 0 Å². The molecule has 0 atom stereocenters. The van der Waals surface area contributed by atoms with E-state index < -0.39 is 20.6 Å². The molecule has 0 aliphatic heterocycles. The van der Waals surface area contributed by atoms with Gasteiger partial charge in [-0.1, -0.05) is 32.7 Å². The summed E-state index contributed by atoms with van der Waals surface area (Å²) in [7, 11) is 0. The molecule has 0 unspecified atom stereocenters. The monoisotopic (exact) mass is 214 g/mol. The van der Waals surface area contributed by atoms with Gasteiger partial charge in [-0.15, -0.1) is 0 Å². The van der Waals surface area contributed by atoms with E-state index in [1.807, 2.05) is 0 Å². The molecule has 0 bridgehead atoms. The predicted octanol–water partition coefficient (Wildman–Crippen LogP) is 2.88. The SMILES string of the molecule is [2H]C([2H])([2H])Cc1cc(CCN)cc(CC([2H])([2H])[2H])c1CC([2H])([2H])[2H]. The van der Waals surface area contributed by atoms with Crippen molar-refractivity contribution in [2.24, 2.45) is 5.73 Å². The van der Waals surface area contributed by atoms with Crippen LogP contribution in [0.25, 0.3) is 0 Å². The molecule has 0 heterocycles. The van der Waals surface area contributed by atoms with Crippen LogP contribution in [0.15, 0.2) is 12.1 Å². The third-order valence-corrected chi connectivity index (χ3v) is 2.49. The van der Waals surface area contributed by atoms with Crippen LogP contribution in [0.5, 0.6) is 0 Å².